The van der Waals surface area contributed by atoms with Gasteiger partial charge in [-0.25, -0.2) is 4.79 Å². The van der Waals surface area contributed by atoms with Crippen LogP contribution in [-0.4, -0.2) is 12.5 Å². The summed E-state index contributed by atoms with van der Waals surface area (Å²) >= 11 is 0. The summed E-state index contributed by atoms with van der Waals surface area (Å²) < 4.78 is 0. The topological polar surface area (TPSA) is 43.1 Å². The van der Waals surface area contributed by atoms with Crippen LogP contribution in [0.25, 0.3) is 0 Å². The zero-order valence-electron chi connectivity index (χ0n) is 2.77. The van der Waals surface area contributed by atoms with Crippen LogP contribution in [0.2, 0.25) is 0 Å². The fraction of sp³-hybridized carbons (Fsp3) is 0.333. The van der Waals surface area contributed by atoms with E-state index in [-0.39, 0.29) is 0 Å². The van der Waals surface area contributed by atoms with Gasteiger partial charge in [0.05, 0.1) is 0 Å². The second-order valence-corrected chi connectivity index (χ2v) is 0.558. The molecule has 0 rings (SSSR count). The van der Waals surface area contributed by atoms with Crippen LogP contribution in [0.5, 0.6) is 0 Å². The van der Waals surface area contributed by atoms with Crippen molar-refractivity contribution >= 4 is 5.94 Å². The lowest BCUT2D eigenvalue weighted by atomic mass is 10.7. The quantitative estimate of drug-likeness (QED) is 0.417. The van der Waals surface area contributed by atoms with Crippen molar-refractivity contribution < 1.29 is 4.79 Å². The summed E-state index contributed by atoms with van der Waals surface area (Å²) in [5.41, 5.74) is 4.82. The summed E-state index contributed by atoms with van der Waals surface area (Å²) in [6.07, 6.45) is 1.22. The summed E-state index contributed by atoms with van der Waals surface area (Å²) in [7, 11) is 0. The predicted octanol–water partition coefficient (Wildman–Crippen LogP) is -0.667. The van der Waals surface area contributed by atoms with E-state index in [2.05, 4.69) is 0 Å². The van der Waals surface area contributed by atoms with Crippen molar-refractivity contribution in [2.75, 3.05) is 6.54 Å². The molecule has 0 bridgehead atoms. The van der Waals surface area contributed by atoms with Gasteiger partial charge in [0.15, 0.2) is 0 Å². The molecule has 0 fully saturated rings. The molecule has 0 aliphatic heterocycles. The third-order valence-corrected chi connectivity index (χ3v) is 0.201. The Morgan fingerprint density at radius 1 is 2.00 bits per heavy atom. The first kappa shape index (κ1) is 4.41. The van der Waals surface area contributed by atoms with Crippen molar-refractivity contribution in [1.82, 2.24) is 0 Å². The molecule has 0 unspecified atom stereocenters. The lowest BCUT2D eigenvalue weighted by Gasteiger charge is -1.59. The molecule has 2 N–H and O–H groups in total. The average molecular weight is 71.1 g/mol. The van der Waals surface area contributed by atoms with Crippen LogP contribution < -0.4 is 5.73 Å². The van der Waals surface area contributed by atoms with Gasteiger partial charge in [0.1, 0.15) is 5.94 Å². The molecular weight excluding hydrogens is 66.0 g/mol. The van der Waals surface area contributed by atoms with Gasteiger partial charge in [-0.3, -0.25) is 0 Å². The molecule has 0 aromatic carbocycles. The minimum atomic E-state index is 0.295. The Bertz CT molecular complexity index is 53.9. The number of rotatable bonds is 1. The Balaban J connectivity index is 2.93. The Kier molecular flexibility index (Phi) is 3.01. The monoisotopic (exact) mass is 71.0 g/mol. The molecule has 0 aromatic rings. The van der Waals surface area contributed by atoms with Gasteiger partial charge in [-0.2, -0.15) is 0 Å². The van der Waals surface area contributed by atoms with Crippen LogP contribution in [0.1, 0.15) is 0 Å². The van der Waals surface area contributed by atoms with E-state index < -0.39 is 0 Å². The van der Waals surface area contributed by atoms with Crippen molar-refractivity contribution in [3.63, 3.8) is 0 Å². The number of carbonyl (C=O) groups excluding carboxylic acids is 1. The van der Waals surface area contributed by atoms with E-state index in [1.165, 1.54) is 12.0 Å². The van der Waals surface area contributed by atoms with Crippen molar-refractivity contribution in [1.29, 1.82) is 0 Å². The third kappa shape index (κ3) is 3.41. The molecule has 0 radical (unpaired) electrons. The second kappa shape index (κ2) is 3.41. The summed E-state index contributed by atoms with van der Waals surface area (Å²) in [4.78, 5) is 9.14. The zero-order chi connectivity index (χ0) is 4.12. The maximum absolute atomic E-state index is 9.14. The first-order chi connectivity index (χ1) is 2.41. The van der Waals surface area contributed by atoms with Crippen LogP contribution >= 0.6 is 0 Å². The van der Waals surface area contributed by atoms with E-state index in [0.717, 1.165) is 0 Å². The first-order valence-electron chi connectivity index (χ1n) is 1.31. The maximum Gasteiger partial charge on any atom is 0.121 e. The molecule has 2 heteroatoms. The van der Waals surface area contributed by atoms with Gasteiger partial charge >= 0.3 is 0 Å². The van der Waals surface area contributed by atoms with E-state index >= 15 is 0 Å². The van der Waals surface area contributed by atoms with Crippen molar-refractivity contribution in [2.45, 2.75) is 0 Å². The Morgan fingerprint density at radius 3 is 2.60 bits per heavy atom. The molecule has 0 spiro atoms. The minimum absolute atomic E-state index is 0.295. The van der Waals surface area contributed by atoms with Crippen LogP contribution in [0.15, 0.2) is 6.08 Å². The molecule has 0 aliphatic rings. The molecular formula is C3H5NO. The maximum atomic E-state index is 9.14. The Morgan fingerprint density at radius 2 is 2.60 bits per heavy atom. The molecule has 0 heterocycles. The van der Waals surface area contributed by atoms with Crippen LogP contribution in [0.4, 0.5) is 0 Å². The van der Waals surface area contributed by atoms with E-state index in [0.29, 0.717) is 6.54 Å². The summed E-state index contributed by atoms with van der Waals surface area (Å²) in [6, 6.07) is 0. The molecule has 0 aliphatic carbocycles. The smallest absolute Gasteiger partial charge is 0.121 e. The van der Waals surface area contributed by atoms with E-state index in [9.17, 15) is 0 Å². The van der Waals surface area contributed by atoms with Gasteiger partial charge in [-0.15, -0.1) is 0 Å². The summed E-state index contributed by atoms with van der Waals surface area (Å²) in [5.74, 6) is 1.52. The average Bonchev–Trinajstić information content (AvgIpc) is 1.41. The van der Waals surface area contributed by atoms with Gasteiger partial charge in [-0.1, -0.05) is 0 Å². The molecule has 2 nitrogen and oxygen atoms in total. The van der Waals surface area contributed by atoms with E-state index in [1.54, 1.807) is 0 Å². The SMILES string of the molecule is NCC=C=O. The van der Waals surface area contributed by atoms with Crippen molar-refractivity contribution in [3.05, 3.63) is 6.08 Å². The molecule has 28 valence electrons. The second-order valence-electron chi connectivity index (χ2n) is 0.558. The predicted molar refractivity (Wildman–Crippen MR) is 19.3 cm³/mol. The highest BCUT2D eigenvalue weighted by atomic mass is 16.1. The van der Waals surface area contributed by atoms with Gasteiger partial charge in [0.25, 0.3) is 0 Å². The Labute approximate surface area is 30.3 Å². The lowest BCUT2D eigenvalue weighted by Crippen LogP contribution is -1.91. The first-order valence-corrected chi connectivity index (χ1v) is 1.31. The van der Waals surface area contributed by atoms with Crippen molar-refractivity contribution in [2.24, 2.45) is 5.73 Å². The third-order valence-electron chi connectivity index (χ3n) is 0.201. The number of nitrogens with two attached hydrogens (primary N) is 1. The fourth-order valence-electron chi connectivity index (χ4n) is 0.0481. The minimum Gasteiger partial charge on any atom is -0.326 e. The highest BCUT2D eigenvalue weighted by Gasteiger charge is 1.52. The number of hydrogen-bond donors (Lipinski definition) is 1. The highest BCUT2D eigenvalue weighted by Crippen LogP contribution is 1.39. The molecule has 0 saturated carbocycles. The van der Waals surface area contributed by atoms with E-state index in [1.807, 2.05) is 0 Å². The standard InChI is InChI=1S/C3H5NO/c4-2-1-3-5/h1H,2,4H2. The molecule has 0 aromatic heterocycles. The Hall–Kier alpha value is -0.590. The van der Waals surface area contributed by atoms with Crippen molar-refractivity contribution in [3.8, 4) is 0 Å². The normalized spacial score (nSPS) is 5.80. The van der Waals surface area contributed by atoms with Gasteiger partial charge in [-0.05, 0) is 0 Å². The molecule has 0 atom stereocenters. The largest absolute Gasteiger partial charge is 0.326 e. The molecule has 0 amide bonds. The van der Waals surface area contributed by atoms with Crippen LogP contribution in [0, 0.1) is 0 Å². The molecule has 0 saturated heterocycles. The van der Waals surface area contributed by atoms with Gasteiger partial charge < -0.3 is 5.73 Å². The summed E-state index contributed by atoms with van der Waals surface area (Å²) in [6.45, 7) is 0.295. The van der Waals surface area contributed by atoms with Crippen LogP contribution in [0.3, 0.4) is 0 Å². The lowest BCUT2D eigenvalue weighted by molar-refractivity contribution is 0.568. The van der Waals surface area contributed by atoms with Crippen LogP contribution in [-0.2, 0) is 4.79 Å². The zero-order valence-corrected chi connectivity index (χ0v) is 2.77. The van der Waals surface area contributed by atoms with Gasteiger partial charge in [0.2, 0.25) is 0 Å². The molecule has 5 heavy (non-hydrogen) atoms. The number of hydrogen-bond acceptors (Lipinski definition) is 2. The summed E-state index contributed by atoms with van der Waals surface area (Å²) in [5, 5.41) is 0. The highest BCUT2D eigenvalue weighted by molar-refractivity contribution is 5.44. The fourth-order valence-corrected chi connectivity index (χ4v) is 0.0481. The van der Waals surface area contributed by atoms with Gasteiger partial charge in [0, 0.05) is 12.6 Å². The van der Waals surface area contributed by atoms with E-state index in [4.69, 9.17) is 10.5 Å².